The summed E-state index contributed by atoms with van der Waals surface area (Å²) in [4.78, 5) is 33.3. The Morgan fingerprint density at radius 3 is 2.35 bits per heavy atom. The Labute approximate surface area is 216 Å². The highest BCUT2D eigenvalue weighted by Crippen LogP contribution is 2.23. The minimum atomic E-state index is -0.0957. The first-order valence-corrected chi connectivity index (χ1v) is 12.7. The number of hydrogen-bond donors (Lipinski definition) is 1. The van der Waals surface area contributed by atoms with E-state index in [1.807, 2.05) is 58.0 Å². The Morgan fingerprint density at radius 1 is 0.973 bits per heavy atom. The van der Waals surface area contributed by atoms with Gasteiger partial charge in [-0.2, -0.15) is 0 Å². The average molecular weight is 497 g/mol. The molecule has 37 heavy (non-hydrogen) atoms. The molecule has 1 fully saturated rings. The molecule has 1 amide bonds. The molecule has 5 rings (SSSR count). The Balaban J connectivity index is 1.29. The van der Waals surface area contributed by atoms with E-state index in [-0.39, 0.29) is 17.4 Å². The van der Waals surface area contributed by atoms with Crippen molar-refractivity contribution in [2.75, 3.05) is 25.1 Å². The van der Waals surface area contributed by atoms with Crippen molar-refractivity contribution in [2.45, 2.75) is 32.9 Å². The summed E-state index contributed by atoms with van der Waals surface area (Å²) in [5.41, 5.74) is 4.81. The predicted octanol–water partition coefficient (Wildman–Crippen LogP) is 4.29. The van der Waals surface area contributed by atoms with Crippen LogP contribution < -0.4 is 20.5 Å². The molecule has 7 heteroatoms. The molecule has 0 saturated carbocycles. The van der Waals surface area contributed by atoms with Crippen molar-refractivity contribution in [1.29, 1.82) is 0 Å². The summed E-state index contributed by atoms with van der Waals surface area (Å²) in [6.07, 6.45) is 1.36. The van der Waals surface area contributed by atoms with E-state index in [2.05, 4.69) is 36.5 Å². The third kappa shape index (κ3) is 5.50. The van der Waals surface area contributed by atoms with Crippen LogP contribution in [0.4, 0.5) is 5.82 Å². The van der Waals surface area contributed by atoms with E-state index in [0.717, 1.165) is 27.9 Å². The van der Waals surface area contributed by atoms with Gasteiger partial charge in [0.05, 0.1) is 24.7 Å². The Kier molecular flexibility index (Phi) is 7.21. The molecular weight excluding hydrogens is 464 g/mol. The Bertz CT molecular complexity index is 1440. The van der Waals surface area contributed by atoms with Gasteiger partial charge in [0.25, 0.3) is 5.56 Å². The van der Waals surface area contributed by atoms with E-state index in [9.17, 15) is 9.59 Å². The molecule has 1 aliphatic rings. The molecule has 190 valence electrons. The number of ether oxygens (including phenoxy) is 1. The zero-order valence-electron chi connectivity index (χ0n) is 21.3. The van der Waals surface area contributed by atoms with Crippen molar-refractivity contribution in [3.05, 3.63) is 99.8 Å². The second-order valence-corrected chi connectivity index (χ2v) is 9.63. The quantitative estimate of drug-likeness (QED) is 0.413. The number of fused-ring (bicyclic) bond motifs is 1. The van der Waals surface area contributed by atoms with Crippen molar-refractivity contribution < 1.29 is 9.53 Å². The summed E-state index contributed by atoms with van der Waals surface area (Å²) < 4.78 is 7.00. The smallest absolute Gasteiger partial charge is 0.294 e. The van der Waals surface area contributed by atoms with E-state index < -0.39 is 0 Å². The average Bonchev–Trinajstić information content (AvgIpc) is 2.94. The number of aryl methyl sites for hydroxylation is 1. The van der Waals surface area contributed by atoms with Gasteiger partial charge >= 0.3 is 0 Å². The van der Waals surface area contributed by atoms with Gasteiger partial charge in [0.1, 0.15) is 5.75 Å². The van der Waals surface area contributed by atoms with Crippen LogP contribution in [-0.4, -0.2) is 35.7 Å². The maximum atomic E-state index is 13.6. The molecular formula is C30H32N4O3. The van der Waals surface area contributed by atoms with Crippen LogP contribution in [0.2, 0.25) is 0 Å². The zero-order valence-corrected chi connectivity index (χ0v) is 21.3. The lowest BCUT2D eigenvalue weighted by Crippen LogP contribution is -2.43. The number of aromatic nitrogens is 2. The molecule has 1 N–H and O–H groups in total. The number of methoxy groups -OCH3 is 1. The van der Waals surface area contributed by atoms with E-state index in [1.165, 1.54) is 5.56 Å². The summed E-state index contributed by atoms with van der Waals surface area (Å²) in [5, 5.41) is 3.06. The highest BCUT2D eigenvalue weighted by atomic mass is 16.5. The lowest BCUT2D eigenvalue weighted by molar-refractivity contribution is -0.125. The van der Waals surface area contributed by atoms with Gasteiger partial charge in [0, 0.05) is 25.6 Å². The third-order valence-corrected chi connectivity index (χ3v) is 7.09. The molecule has 1 saturated heterocycles. The van der Waals surface area contributed by atoms with Crippen LogP contribution in [0.1, 0.15) is 29.5 Å². The van der Waals surface area contributed by atoms with Crippen LogP contribution in [0.15, 0.2) is 77.6 Å². The molecule has 3 aromatic carbocycles. The van der Waals surface area contributed by atoms with E-state index >= 15 is 0 Å². The fraction of sp³-hybridized carbons (Fsp3) is 0.300. The van der Waals surface area contributed by atoms with Crippen LogP contribution >= 0.6 is 0 Å². The summed E-state index contributed by atoms with van der Waals surface area (Å²) in [5.74, 6) is 1.23. The van der Waals surface area contributed by atoms with Gasteiger partial charge < -0.3 is 15.0 Å². The van der Waals surface area contributed by atoms with Gasteiger partial charge in [0.15, 0.2) is 5.82 Å². The highest BCUT2D eigenvalue weighted by molar-refractivity contribution is 5.79. The van der Waals surface area contributed by atoms with Crippen LogP contribution in [-0.2, 0) is 17.9 Å². The van der Waals surface area contributed by atoms with E-state index in [4.69, 9.17) is 9.72 Å². The number of anilines is 1. The van der Waals surface area contributed by atoms with Gasteiger partial charge in [-0.3, -0.25) is 14.2 Å². The maximum absolute atomic E-state index is 13.6. The molecule has 0 unspecified atom stereocenters. The van der Waals surface area contributed by atoms with Gasteiger partial charge in [-0.1, -0.05) is 54.1 Å². The SMILES string of the molecule is COc1ccc(CNC(=O)C2CCN(c3nc4ccccc4n(Cc4ccc(C)cc4)c3=O)CC2)cc1. The first kappa shape index (κ1) is 24.6. The highest BCUT2D eigenvalue weighted by Gasteiger charge is 2.27. The zero-order chi connectivity index (χ0) is 25.8. The van der Waals surface area contributed by atoms with Crippen molar-refractivity contribution in [3.8, 4) is 5.75 Å². The van der Waals surface area contributed by atoms with Gasteiger partial charge in [-0.15, -0.1) is 0 Å². The Morgan fingerprint density at radius 2 is 1.65 bits per heavy atom. The minimum Gasteiger partial charge on any atom is -0.497 e. The van der Waals surface area contributed by atoms with Crippen molar-refractivity contribution in [1.82, 2.24) is 14.9 Å². The maximum Gasteiger partial charge on any atom is 0.294 e. The number of rotatable bonds is 7. The molecule has 4 aromatic rings. The largest absolute Gasteiger partial charge is 0.497 e. The van der Waals surface area contributed by atoms with E-state index in [0.29, 0.717) is 44.8 Å². The lowest BCUT2D eigenvalue weighted by atomic mass is 9.96. The molecule has 1 aliphatic heterocycles. The fourth-order valence-corrected chi connectivity index (χ4v) is 4.85. The summed E-state index contributed by atoms with van der Waals surface area (Å²) in [7, 11) is 1.63. The number of hydrogen-bond acceptors (Lipinski definition) is 5. The van der Waals surface area contributed by atoms with Crippen molar-refractivity contribution in [3.63, 3.8) is 0 Å². The predicted molar refractivity (Wildman–Crippen MR) is 146 cm³/mol. The lowest BCUT2D eigenvalue weighted by Gasteiger charge is -2.32. The molecule has 0 spiro atoms. The molecule has 0 atom stereocenters. The number of para-hydroxylation sites is 2. The van der Waals surface area contributed by atoms with Crippen LogP contribution in [0.25, 0.3) is 11.0 Å². The first-order valence-electron chi connectivity index (χ1n) is 12.7. The third-order valence-electron chi connectivity index (χ3n) is 7.09. The van der Waals surface area contributed by atoms with Gasteiger partial charge in [0.2, 0.25) is 5.91 Å². The summed E-state index contributed by atoms with van der Waals surface area (Å²) in [6, 6.07) is 23.7. The van der Waals surface area contributed by atoms with Crippen molar-refractivity contribution >= 4 is 22.8 Å². The van der Waals surface area contributed by atoms with E-state index in [1.54, 1.807) is 7.11 Å². The monoisotopic (exact) mass is 496 g/mol. The molecule has 1 aromatic heterocycles. The number of piperidine rings is 1. The van der Waals surface area contributed by atoms with Crippen LogP contribution in [0.5, 0.6) is 5.75 Å². The number of nitrogens with zero attached hydrogens (tertiary/aromatic N) is 3. The second-order valence-electron chi connectivity index (χ2n) is 9.63. The summed E-state index contributed by atoms with van der Waals surface area (Å²) in [6.45, 7) is 4.26. The van der Waals surface area contributed by atoms with Gasteiger partial charge in [-0.05, 0) is 55.2 Å². The molecule has 0 radical (unpaired) electrons. The number of carbonyl (C=O) groups is 1. The first-order chi connectivity index (χ1) is 18.0. The number of benzene rings is 3. The van der Waals surface area contributed by atoms with Gasteiger partial charge in [-0.25, -0.2) is 4.98 Å². The fourth-order valence-electron chi connectivity index (χ4n) is 4.85. The Hall–Kier alpha value is -4.13. The van der Waals surface area contributed by atoms with Crippen molar-refractivity contribution in [2.24, 2.45) is 5.92 Å². The molecule has 2 heterocycles. The number of nitrogens with one attached hydrogen (secondary N) is 1. The second kappa shape index (κ2) is 10.9. The minimum absolute atomic E-state index is 0.0544. The summed E-state index contributed by atoms with van der Waals surface area (Å²) >= 11 is 0. The molecule has 7 nitrogen and oxygen atoms in total. The number of amides is 1. The molecule has 0 aliphatic carbocycles. The topological polar surface area (TPSA) is 76.5 Å². The molecule has 0 bridgehead atoms. The standard InChI is InChI=1S/C30H32N4O3/c1-21-7-9-23(10-8-21)20-34-27-6-4-3-5-26(27)32-28(30(34)36)33-17-15-24(16-18-33)29(35)31-19-22-11-13-25(37-2)14-12-22/h3-14,24H,15-20H2,1-2H3,(H,31,35). The van der Waals surface area contributed by atoms with Crippen LogP contribution in [0.3, 0.4) is 0 Å². The van der Waals surface area contributed by atoms with Crippen LogP contribution in [0, 0.1) is 12.8 Å². The number of carbonyl (C=O) groups excluding carboxylic acids is 1. The normalized spacial score (nSPS) is 14.1.